The van der Waals surface area contributed by atoms with Crippen molar-refractivity contribution in [1.29, 1.82) is 0 Å². The number of fused-ring (bicyclic) bond motifs is 4. The first-order valence-corrected chi connectivity index (χ1v) is 22.4. The Balaban J connectivity index is 1.21. The topological polar surface area (TPSA) is 3.24 Å². The van der Waals surface area contributed by atoms with Gasteiger partial charge in [0.15, 0.2) is 0 Å². The van der Waals surface area contributed by atoms with Gasteiger partial charge < -0.3 is 4.90 Å². The molecule has 0 heterocycles. The lowest BCUT2D eigenvalue weighted by molar-refractivity contribution is 0.590. The van der Waals surface area contributed by atoms with E-state index < -0.39 is 5.41 Å². The normalized spacial score (nSPS) is 12.7. The highest BCUT2D eigenvalue weighted by molar-refractivity contribution is 6.09. The molecule has 306 valence electrons. The second-order valence-electron chi connectivity index (χ2n) is 18.0. The van der Waals surface area contributed by atoms with Crippen LogP contribution >= 0.6 is 0 Å². The minimum Gasteiger partial charge on any atom is -0.309 e. The molecule has 64 heavy (non-hydrogen) atoms. The molecule has 1 heteroatoms. The lowest BCUT2D eigenvalue weighted by atomic mass is 9.67. The minimum atomic E-state index is -0.543. The molecule has 0 unspecified atom stereocenters. The van der Waals surface area contributed by atoms with Crippen molar-refractivity contribution in [2.45, 2.75) is 31.6 Å². The summed E-state index contributed by atoms with van der Waals surface area (Å²) in [6.07, 6.45) is 0. The van der Waals surface area contributed by atoms with Gasteiger partial charge in [-0.2, -0.15) is 0 Å². The van der Waals surface area contributed by atoms with Crippen LogP contribution in [-0.2, 0) is 10.8 Å². The van der Waals surface area contributed by atoms with E-state index in [1.807, 2.05) is 0 Å². The average Bonchev–Trinajstić information content (AvgIpc) is 3.65. The molecule has 0 saturated heterocycles. The molecule has 0 atom stereocenters. The fourth-order valence-electron chi connectivity index (χ4n) is 10.4. The van der Waals surface area contributed by atoms with Gasteiger partial charge in [-0.1, -0.05) is 239 Å². The third-order valence-corrected chi connectivity index (χ3v) is 13.3. The van der Waals surface area contributed by atoms with Gasteiger partial charge in [0.1, 0.15) is 0 Å². The molecule has 0 fully saturated rings. The van der Waals surface area contributed by atoms with Crippen molar-refractivity contribution in [2.24, 2.45) is 0 Å². The van der Waals surface area contributed by atoms with E-state index in [4.69, 9.17) is 0 Å². The number of nitrogens with zero attached hydrogens (tertiary/aromatic N) is 1. The standard InChI is InChI=1S/C63H49N/c1-62(2,3)47-39-37-45(38-40-47)51-29-14-17-35-59(51)64(60-36-18-15-31-55(60)56-33-20-24-46-23-19-32-52(61(46)56)44-21-7-4-8-22-44)50-41-42-54-53-30-13-16-34-57(53)63(58(54)43-50,48-25-9-5-10-26-48)49-27-11-6-12-28-49/h4-43H,1-3H3. The lowest BCUT2D eigenvalue weighted by Crippen LogP contribution is -2.28. The molecule has 0 bridgehead atoms. The van der Waals surface area contributed by atoms with Crippen molar-refractivity contribution in [3.05, 3.63) is 270 Å². The van der Waals surface area contributed by atoms with Crippen LogP contribution in [0.2, 0.25) is 0 Å². The van der Waals surface area contributed by atoms with E-state index in [0.717, 1.165) is 22.6 Å². The van der Waals surface area contributed by atoms with E-state index in [2.05, 4.69) is 268 Å². The fraction of sp³-hybridized carbons (Fsp3) is 0.0794. The van der Waals surface area contributed by atoms with Crippen LogP contribution in [-0.4, -0.2) is 0 Å². The predicted octanol–water partition coefficient (Wildman–Crippen LogP) is 17.0. The summed E-state index contributed by atoms with van der Waals surface area (Å²) in [7, 11) is 0. The Kier molecular flexibility index (Phi) is 9.70. The molecule has 0 aromatic heterocycles. The largest absolute Gasteiger partial charge is 0.309 e. The second kappa shape index (κ2) is 15.9. The van der Waals surface area contributed by atoms with Crippen molar-refractivity contribution in [3.8, 4) is 44.5 Å². The van der Waals surface area contributed by atoms with E-state index in [9.17, 15) is 0 Å². The van der Waals surface area contributed by atoms with Crippen molar-refractivity contribution in [3.63, 3.8) is 0 Å². The van der Waals surface area contributed by atoms with E-state index in [1.54, 1.807) is 0 Å². The van der Waals surface area contributed by atoms with E-state index in [1.165, 1.54) is 77.5 Å². The molecule has 1 aliphatic carbocycles. The Labute approximate surface area is 377 Å². The van der Waals surface area contributed by atoms with Crippen LogP contribution in [0.4, 0.5) is 17.1 Å². The third-order valence-electron chi connectivity index (χ3n) is 13.3. The number of hydrogen-bond donors (Lipinski definition) is 0. The van der Waals surface area contributed by atoms with Crippen LogP contribution in [0.5, 0.6) is 0 Å². The molecule has 10 aromatic rings. The predicted molar refractivity (Wildman–Crippen MR) is 271 cm³/mol. The van der Waals surface area contributed by atoms with Crippen molar-refractivity contribution in [1.82, 2.24) is 0 Å². The Hall–Kier alpha value is -7.74. The van der Waals surface area contributed by atoms with Gasteiger partial charge in [0.05, 0.1) is 16.8 Å². The Bertz CT molecular complexity index is 3240. The summed E-state index contributed by atoms with van der Waals surface area (Å²) < 4.78 is 0. The van der Waals surface area contributed by atoms with Gasteiger partial charge in [0.2, 0.25) is 0 Å². The van der Waals surface area contributed by atoms with Gasteiger partial charge in [-0.15, -0.1) is 0 Å². The van der Waals surface area contributed by atoms with Crippen LogP contribution < -0.4 is 4.90 Å². The van der Waals surface area contributed by atoms with Gasteiger partial charge in [-0.3, -0.25) is 0 Å². The molecular formula is C63H49N. The Morgan fingerprint density at radius 1 is 0.344 bits per heavy atom. The molecule has 10 aromatic carbocycles. The first kappa shape index (κ1) is 39.1. The Morgan fingerprint density at radius 3 is 1.47 bits per heavy atom. The Morgan fingerprint density at radius 2 is 0.828 bits per heavy atom. The summed E-state index contributed by atoms with van der Waals surface area (Å²) in [4.78, 5) is 2.52. The maximum atomic E-state index is 2.52. The number of para-hydroxylation sites is 2. The highest BCUT2D eigenvalue weighted by Crippen LogP contribution is 2.58. The van der Waals surface area contributed by atoms with E-state index in [-0.39, 0.29) is 5.41 Å². The summed E-state index contributed by atoms with van der Waals surface area (Å²) in [6.45, 7) is 6.84. The van der Waals surface area contributed by atoms with Gasteiger partial charge >= 0.3 is 0 Å². The van der Waals surface area contributed by atoms with Gasteiger partial charge in [0.25, 0.3) is 0 Å². The van der Waals surface area contributed by atoms with Crippen LogP contribution in [0, 0.1) is 0 Å². The molecule has 0 saturated carbocycles. The zero-order valence-corrected chi connectivity index (χ0v) is 36.5. The van der Waals surface area contributed by atoms with Crippen molar-refractivity contribution >= 4 is 27.8 Å². The molecule has 0 radical (unpaired) electrons. The van der Waals surface area contributed by atoms with E-state index >= 15 is 0 Å². The maximum absolute atomic E-state index is 2.52. The summed E-state index contributed by atoms with van der Waals surface area (Å²) in [6, 6.07) is 89.8. The van der Waals surface area contributed by atoms with Crippen LogP contribution in [0.25, 0.3) is 55.3 Å². The molecule has 1 nitrogen and oxygen atoms in total. The van der Waals surface area contributed by atoms with E-state index in [0.29, 0.717) is 0 Å². The van der Waals surface area contributed by atoms with Crippen LogP contribution in [0.3, 0.4) is 0 Å². The number of hydrogen-bond acceptors (Lipinski definition) is 1. The van der Waals surface area contributed by atoms with Crippen LogP contribution in [0.1, 0.15) is 48.6 Å². The number of benzene rings is 10. The first-order chi connectivity index (χ1) is 31.4. The zero-order valence-electron chi connectivity index (χ0n) is 36.5. The number of rotatable bonds is 8. The monoisotopic (exact) mass is 819 g/mol. The summed E-state index contributed by atoms with van der Waals surface area (Å²) in [5, 5.41) is 2.46. The molecule has 0 spiro atoms. The quantitative estimate of drug-likeness (QED) is 0.148. The van der Waals surface area contributed by atoms with Gasteiger partial charge in [-0.05, 0) is 102 Å². The fourth-order valence-corrected chi connectivity index (χ4v) is 10.4. The van der Waals surface area contributed by atoms with Crippen molar-refractivity contribution < 1.29 is 0 Å². The highest BCUT2D eigenvalue weighted by atomic mass is 15.1. The van der Waals surface area contributed by atoms with Crippen LogP contribution in [0.15, 0.2) is 243 Å². The summed E-state index contributed by atoms with van der Waals surface area (Å²) in [5.74, 6) is 0. The summed E-state index contributed by atoms with van der Waals surface area (Å²) >= 11 is 0. The first-order valence-electron chi connectivity index (χ1n) is 22.4. The van der Waals surface area contributed by atoms with Gasteiger partial charge in [-0.25, -0.2) is 0 Å². The molecule has 1 aliphatic rings. The second-order valence-corrected chi connectivity index (χ2v) is 18.0. The summed E-state index contributed by atoms with van der Waals surface area (Å²) in [5.41, 5.74) is 18.9. The lowest BCUT2D eigenvalue weighted by Gasteiger charge is -2.35. The average molecular weight is 820 g/mol. The van der Waals surface area contributed by atoms with Crippen molar-refractivity contribution in [2.75, 3.05) is 4.90 Å². The minimum absolute atomic E-state index is 0.0477. The SMILES string of the molecule is CC(C)(C)c1ccc(-c2ccccc2N(c2ccc3c(c2)C(c2ccccc2)(c2ccccc2)c2ccccc2-3)c2ccccc2-c2cccc3cccc(-c4ccccc4)c23)cc1. The highest BCUT2D eigenvalue weighted by Gasteiger charge is 2.46. The van der Waals surface area contributed by atoms with Gasteiger partial charge in [0, 0.05) is 16.8 Å². The smallest absolute Gasteiger partial charge is 0.0714 e. The molecule has 11 rings (SSSR count). The zero-order chi connectivity index (χ0) is 43.3. The molecule has 0 N–H and O–H groups in total. The maximum Gasteiger partial charge on any atom is 0.0714 e. The molecular weight excluding hydrogens is 771 g/mol. The molecule has 0 amide bonds. The number of anilines is 3. The molecule has 0 aliphatic heterocycles. The third kappa shape index (κ3) is 6.47.